The molecule has 0 radical (unpaired) electrons. The summed E-state index contributed by atoms with van der Waals surface area (Å²) >= 11 is 0. The van der Waals surface area contributed by atoms with E-state index >= 15 is 0 Å². The van der Waals surface area contributed by atoms with Gasteiger partial charge in [0, 0.05) is 49.0 Å². The highest BCUT2D eigenvalue weighted by atomic mass is 19.1. The molecule has 0 saturated carbocycles. The van der Waals surface area contributed by atoms with Crippen molar-refractivity contribution in [3.8, 4) is 11.1 Å². The van der Waals surface area contributed by atoms with Crippen molar-refractivity contribution in [3.05, 3.63) is 84.2 Å². The highest BCUT2D eigenvalue weighted by molar-refractivity contribution is 5.63. The second-order valence-corrected chi connectivity index (χ2v) is 8.90. The summed E-state index contributed by atoms with van der Waals surface area (Å²) in [7, 11) is 0. The van der Waals surface area contributed by atoms with Crippen LogP contribution in [0, 0.1) is 5.82 Å². The first kappa shape index (κ1) is 21.2. The van der Waals surface area contributed by atoms with E-state index in [4.69, 9.17) is 0 Å². The van der Waals surface area contributed by atoms with Crippen LogP contribution in [-0.2, 0) is 6.54 Å². The summed E-state index contributed by atoms with van der Waals surface area (Å²) in [4.78, 5) is 13.3. The lowest BCUT2D eigenvalue weighted by Crippen LogP contribution is -2.67. The lowest BCUT2D eigenvalue weighted by molar-refractivity contribution is -0.0655. The maximum absolute atomic E-state index is 13.6. The van der Waals surface area contributed by atoms with Crippen LogP contribution in [0.3, 0.4) is 0 Å². The quantitative estimate of drug-likeness (QED) is 0.666. The maximum atomic E-state index is 13.6. The molecule has 0 bridgehead atoms. The van der Waals surface area contributed by atoms with Crippen molar-refractivity contribution in [1.29, 1.82) is 0 Å². The van der Waals surface area contributed by atoms with Crippen molar-refractivity contribution in [2.45, 2.75) is 37.4 Å². The fraction of sp³-hybridized carbons (Fsp3) is 0.385. The summed E-state index contributed by atoms with van der Waals surface area (Å²) in [5.74, 6) is 0.0640. The molecule has 5 nitrogen and oxygen atoms in total. The van der Waals surface area contributed by atoms with Crippen LogP contribution >= 0.6 is 0 Å². The molecule has 3 atom stereocenters. The molecular formula is C26H29FN4O. The maximum Gasteiger partial charge on any atom is 0.123 e. The minimum absolute atomic E-state index is 0.153. The number of fused-ring (bicyclic) bond motifs is 1. The molecule has 166 valence electrons. The van der Waals surface area contributed by atoms with Gasteiger partial charge in [-0.1, -0.05) is 36.4 Å². The minimum Gasteiger partial charge on any atom is -0.395 e. The van der Waals surface area contributed by atoms with E-state index < -0.39 is 0 Å². The number of rotatable bonds is 5. The first-order chi connectivity index (χ1) is 15.7. The standard InChI is InChI=1S/C26H29FN4O/c27-23-5-3-4-22(12-23)20-6-8-21(9-7-20)26-24-16-30(15-19-13-28-18-29-14-19)10-1-2-11-31(24)25(26)17-32/h3-9,12-14,18,24-26,32H,1-2,10-11,15-17H2/t24-,25+,26-/m0/s1. The predicted octanol–water partition coefficient (Wildman–Crippen LogP) is 3.71. The Balaban J connectivity index is 1.36. The first-order valence-electron chi connectivity index (χ1n) is 11.4. The number of aliphatic hydroxyl groups excluding tert-OH is 1. The van der Waals surface area contributed by atoms with Crippen molar-refractivity contribution >= 4 is 0 Å². The van der Waals surface area contributed by atoms with Gasteiger partial charge in [-0.3, -0.25) is 9.80 Å². The van der Waals surface area contributed by atoms with Gasteiger partial charge >= 0.3 is 0 Å². The number of aliphatic hydroxyl groups is 1. The molecule has 3 heterocycles. The number of hydrogen-bond acceptors (Lipinski definition) is 5. The largest absolute Gasteiger partial charge is 0.395 e. The van der Waals surface area contributed by atoms with E-state index in [1.807, 2.05) is 18.5 Å². The third-order valence-electron chi connectivity index (χ3n) is 6.93. The van der Waals surface area contributed by atoms with Gasteiger partial charge in [-0.15, -0.1) is 0 Å². The van der Waals surface area contributed by atoms with Gasteiger partial charge in [-0.05, 0) is 54.8 Å². The lowest BCUT2D eigenvalue weighted by Gasteiger charge is -2.57. The van der Waals surface area contributed by atoms with Crippen LogP contribution in [0.25, 0.3) is 11.1 Å². The van der Waals surface area contributed by atoms with Gasteiger partial charge < -0.3 is 5.11 Å². The molecule has 1 N–H and O–H groups in total. The first-order valence-corrected chi connectivity index (χ1v) is 11.4. The zero-order valence-corrected chi connectivity index (χ0v) is 18.1. The predicted molar refractivity (Wildman–Crippen MR) is 122 cm³/mol. The third kappa shape index (κ3) is 4.31. The zero-order chi connectivity index (χ0) is 21.9. The molecule has 2 aliphatic heterocycles. The highest BCUT2D eigenvalue weighted by Gasteiger charge is 2.49. The second kappa shape index (κ2) is 9.45. The Hall–Kier alpha value is -2.67. The average Bonchev–Trinajstić information content (AvgIpc) is 2.81. The van der Waals surface area contributed by atoms with E-state index in [0.29, 0.717) is 6.04 Å². The van der Waals surface area contributed by atoms with Gasteiger partial charge in [0.2, 0.25) is 0 Å². The summed E-state index contributed by atoms with van der Waals surface area (Å²) < 4.78 is 13.6. The van der Waals surface area contributed by atoms with Gasteiger partial charge in [0.1, 0.15) is 12.1 Å². The fourth-order valence-corrected chi connectivity index (χ4v) is 5.39. The SMILES string of the molecule is OC[C@@H]1[C@@H](c2ccc(-c3cccc(F)c3)cc2)[C@@H]2CN(Cc3cncnc3)CCCCN12. The van der Waals surface area contributed by atoms with Crippen molar-refractivity contribution in [3.63, 3.8) is 0 Å². The van der Waals surface area contributed by atoms with Crippen molar-refractivity contribution in [2.75, 3.05) is 26.2 Å². The van der Waals surface area contributed by atoms with Gasteiger partial charge in [0.25, 0.3) is 0 Å². The lowest BCUT2D eigenvalue weighted by atomic mass is 9.74. The van der Waals surface area contributed by atoms with E-state index in [1.165, 1.54) is 11.6 Å². The Bertz CT molecular complexity index is 1030. The van der Waals surface area contributed by atoms with Crippen LogP contribution in [0.1, 0.15) is 29.9 Å². The summed E-state index contributed by atoms with van der Waals surface area (Å²) in [5.41, 5.74) is 4.27. The summed E-state index contributed by atoms with van der Waals surface area (Å²) in [6.07, 6.45) is 7.65. The van der Waals surface area contributed by atoms with E-state index in [1.54, 1.807) is 18.5 Å². The van der Waals surface area contributed by atoms with Crippen LogP contribution in [0.4, 0.5) is 4.39 Å². The number of nitrogens with zero attached hydrogens (tertiary/aromatic N) is 4. The Morgan fingerprint density at radius 3 is 2.50 bits per heavy atom. The normalized spacial score (nSPS) is 24.2. The molecule has 3 aromatic rings. The number of halogens is 1. The molecule has 1 aromatic heterocycles. The second-order valence-electron chi connectivity index (χ2n) is 8.90. The molecule has 2 aliphatic rings. The Kier molecular flexibility index (Phi) is 6.26. The topological polar surface area (TPSA) is 52.5 Å². The Morgan fingerprint density at radius 1 is 0.969 bits per heavy atom. The van der Waals surface area contributed by atoms with Gasteiger partial charge in [0.15, 0.2) is 0 Å². The zero-order valence-electron chi connectivity index (χ0n) is 18.1. The molecule has 0 amide bonds. The molecule has 2 fully saturated rings. The van der Waals surface area contributed by atoms with E-state index in [0.717, 1.165) is 55.7 Å². The molecule has 0 aliphatic carbocycles. The van der Waals surface area contributed by atoms with Crippen LogP contribution in [0.5, 0.6) is 0 Å². The molecular weight excluding hydrogens is 403 g/mol. The van der Waals surface area contributed by atoms with Crippen LogP contribution in [0.15, 0.2) is 67.3 Å². The minimum atomic E-state index is -0.222. The van der Waals surface area contributed by atoms with Crippen LogP contribution in [-0.4, -0.2) is 63.2 Å². The fourth-order valence-electron chi connectivity index (χ4n) is 5.39. The number of aromatic nitrogens is 2. The van der Waals surface area contributed by atoms with Crippen LogP contribution < -0.4 is 0 Å². The van der Waals surface area contributed by atoms with Crippen molar-refractivity contribution < 1.29 is 9.50 Å². The molecule has 0 spiro atoms. The number of benzene rings is 2. The molecule has 0 unspecified atom stereocenters. The molecule has 2 aromatic carbocycles. The molecule has 32 heavy (non-hydrogen) atoms. The summed E-state index contributed by atoms with van der Waals surface area (Å²) in [6, 6.07) is 15.7. The van der Waals surface area contributed by atoms with E-state index in [-0.39, 0.29) is 24.4 Å². The molecule has 6 heteroatoms. The third-order valence-corrected chi connectivity index (χ3v) is 6.93. The van der Waals surface area contributed by atoms with Crippen molar-refractivity contribution in [2.24, 2.45) is 0 Å². The van der Waals surface area contributed by atoms with Gasteiger partial charge in [-0.2, -0.15) is 0 Å². The number of hydrogen-bond donors (Lipinski definition) is 1. The molecule has 2 saturated heterocycles. The smallest absolute Gasteiger partial charge is 0.123 e. The Morgan fingerprint density at radius 2 is 1.75 bits per heavy atom. The van der Waals surface area contributed by atoms with E-state index in [9.17, 15) is 9.50 Å². The van der Waals surface area contributed by atoms with Crippen LogP contribution in [0.2, 0.25) is 0 Å². The monoisotopic (exact) mass is 432 g/mol. The Labute approximate surface area is 188 Å². The molecule has 5 rings (SSSR count). The van der Waals surface area contributed by atoms with Gasteiger partial charge in [-0.25, -0.2) is 14.4 Å². The van der Waals surface area contributed by atoms with Gasteiger partial charge in [0.05, 0.1) is 6.61 Å². The van der Waals surface area contributed by atoms with E-state index in [2.05, 4.69) is 44.0 Å². The summed E-state index contributed by atoms with van der Waals surface area (Å²) in [6.45, 7) is 4.07. The highest BCUT2D eigenvalue weighted by Crippen LogP contribution is 2.42. The summed E-state index contributed by atoms with van der Waals surface area (Å²) in [5, 5.41) is 10.2. The van der Waals surface area contributed by atoms with Crippen molar-refractivity contribution in [1.82, 2.24) is 19.8 Å². The average molecular weight is 433 g/mol.